The molecular formula is C11H19N5O2. The van der Waals surface area contributed by atoms with Crippen molar-refractivity contribution in [2.75, 3.05) is 38.3 Å². The molecule has 0 saturated heterocycles. The average molecular weight is 253 g/mol. The number of hydrogen-bond acceptors (Lipinski definition) is 6. The number of aromatic nitrogens is 1. The maximum atomic E-state index is 10.9. The van der Waals surface area contributed by atoms with Crippen LogP contribution in [0.2, 0.25) is 0 Å². The SMILES string of the molecule is CNc1ccc([N+](=O)[O-])c(NCC(C)N(C)C)n1. The third-order valence-corrected chi connectivity index (χ3v) is 2.77. The molecular weight excluding hydrogens is 234 g/mol. The van der Waals surface area contributed by atoms with Crippen molar-refractivity contribution in [3.63, 3.8) is 0 Å². The van der Waals surface area contributed by atoms with E-state index in [9.17, 15) is 10.1 Å². The summed E-state index contributed by atoms with van der Waals surface area (Å²) < 4.78 is 0. The summed E-state index contributed by atoms with van der Waals surface area (Å²) in [7, 11) is 5.64. The molecule has 0 aromatic carbocycles. The molecule has 7 nitrogen and oxygen atoms in total. The lowest BCUT2D eigenvalue weighted by Crippen LogP contribution is -2.31. The number of likely N-dealkylation sites (N-methyl/N-ethyl adjacent to an activating group) is 1. The molecule has 0 bridgehead atoms. The summed E-state index contributed by atoms with van der Waals surface area (Å²) in [5.41, 5.74) is -0.0139. The van der Waals surface area contributed by atoms with Crippen molar-refractivity contribution in [1.29, 1.82) is 0 Å². The van der Waals surface area contributed by atoms with Crippen molar-refractivity contribution in [3.05, 3.63) is 22.2 Å². The number of nitro groups is 1. The van der Waals surface area contributed by atoms with Crippen LogP contribution in [0.3, 0.4) is 0 Å². The third-order valence-electron chi connectivity index (χ3n) is 2.77. The van der Waals surface area contributed by atoms with Crippen molar-refractivity contribution >= 4 is 17.3 Å². The van der Waals surface area contributed by atoms with Gasteiger partial charge in [-0.05, 0) is 27.1 Å². The molecule has 0 aliphatic rings. The Kier molecular flexibility index (Phi) is 4.85. The van der Waals surface area contributed by atoms with Gasteiger partial charge in [0.05, 0.1) is 4.92 Å². The van der Waals surface area contributed by atoms with E-state index in [4.69, 9.17) is 0 Å². The van der Waals surface area contributed by atoms with Gasteiger partial charge >= 0.3 is 5.69 Å². The number of rotatable bonds is 6. The zero-order valence-corrected chi connectivity index (χ0v) is 11.1. The van der Waals surface area contributed by atoms with Crippen LogP contribution in [0.1, 0.15) is 6.92 Å². The van der Waals surface area contributed by atoms with Crippen molar-refractivity contribution in [2.45, 2.75) is 13.0 Å². The molecule has 100 valence electrons. The first-order valence-electron chi connectivity index (χ1n) is 5.69. The first-order chi connectivity index (χ1) is 8.45. The van der Waals surface area contributed by atoms with Crippen LogP contribution in [0.4, 0.5) is 17.3 Å². The standard InChI is InChI=1S/C11H19N5O2/c1-8(15(3)4)7-13-11-9(16(17)18)5-6-10(12-2)14-11/h5-6,8H,7H2,1-4H3,(H2,12,13,14). The van der Waals surface area contributed by atoms with Crippen molar-refractivity contribution in [1.82, 2.24) is 9.88 Å². The lowest BCUT2D eigenvalue weighted by atomic mass is 10.3. The Morgan fingerprint density at radius 2 is 2.17 bits per heavy atom. The summed E-state index contributed by atoms with van der Waals surface area (Å²) in [6.45, 7) is 2.62. The van der Waals surface area contributed by atoms with Crippen LogP contribution >= 0.6 is 0 Å². The fourth-order valence-electron chi connectivity index (χ4n) is 1.30. The molecule has 1 rings (SSSR count). The summed E-state index contributed by atoms with van der Waals surface area (Å²) >= 11 is 0. The van der Waals surface area contributed by atoms with E-state index in [1.54, 1.807) is 13.1 Å². The van der Waals surface area contributed by atoms with Gasteiger partial charge < -0.3 is 15.5 Å². The van der Waals surface area contributed by atoms with Gasteiger partial charge in [0.15, 0.2) is 0 Å². The minimum absolute atomic E-state index is 0.0139. The molecule has 2 N–H and O–H groups in total. The molecule has 1 heterocycles. The number of pyridine rings is 1. The van der Waals surface area contributed by atoms with E-state index in [1.807, 2.05) is 25.9 Å². The van der Waals surface area contributed by atoms with Crippen molar-refractivity contribution in [3.8, 4) is 0 Å². The molecule has 1 aromatic rings. The molecule has 1 unspecified atom stereocenters. The van der Waals surface area contributed by atoms with Gasteiger partial charge in [-0.15, -0.1) is 0 Å². The topological polar surface area (TPSA) is 83.3 Å². The Balaban J connectivity index is 2.87. The lowest BCUT2D eigenvalue weighted by Gasteiger charge is -2.20. The predicted molar refractivity (Wildman–Crippen MR) is 72.1 cm³/mol. The quantitative estimate of drug-likeness (QED) is 0.589. The Morgan fingerprint density at radius 3 is 2.67 bits per heavy atom. The Bertz CT molecular complexity index is 422. The van der Waals surface area contributed by atoms with Gasteiger partial charge in [0, 0.05) is 25.7 Å². The van der Waals surface area contributed by atoms with Gasteiger partial charge in [-0.2, -0.15) is 0 Å². The van der Waals surface area contributed by atoms with Gasteiger partial charge in [-0.3, -0.25) is 10.1 Å². The molecule has 18 heavy (non-hydrogen) atoms. The molecule has 1 atom stereocenters. The number of hydrogen-bond donors (Lipinski definition) is 2. The highest BCUT2D eigenvalue weighted by Crippen LogP contribution is 2.23. The van der Waals surface area contributed by atoms with Gasteiger partial charge in [0.25, 0.3) is 0 Å². The number of nitrogens with one attached hydrogen (secondary N) is 2. The molecule has 0 saturated carbocycles. The van der Waals surface area contributed by atoms with Crippen LogP contribution in [0.5, 0.6) is 0 Å². The largest absolute Gasteiger partial charge is 0.373 e. The Hall–Kier alpha value is -1.89. The van der Waals surface area contributed by atoms with E-state index >= 15 is 0 Å². The van der Waals surface area contributed by atoms with Gasteiger partial charge in [-0.25, -0.2) is 4.98 Å². The minimum atomic E-state index is -0.435. The molecule has 0 fully saturated rings. The van der Waals surface area contributed by atoms with Crippen molar-refractivity contribution in [2.24, 2.45) is 0 Å². The molecule has 0 spiro atoms. The third kappa shape index (κ3) is 3.56. The molecule has 0 amide bonds. The fraction of sp³-hybridized carbons (Fsp3) is 0.545. The van der Waals surface area contributed by atoms with E-state index in [-0.39, 0.29) is 11.7 Å². The van der Waals surface area contributed by atoms with E-state index < -0.39 is 4.92 Å². The Labute approximate surface area is 106 Å². The highest BCUT2D eigenvalue weighted by molar-refractivity contribution is 5.60. The predicted octanol–water partition coefficient (Wildman–Crippen LogP) is 1.39. The van der Waals surface area contributed by atoms with Gasteiger partial charge in [0.2, 0.25) is 5.82 Å². The summed E-state index contributed by atoms with van der Waals surface area (Å²) in [6, 6.07) is 3.28. The Morgan fingerprint density at radius 1 is 1.50 bits per heavy atom. The van der Waals surface area contributed by atoms with Crippen LogP contribution in [-0.4, -0.2) is 48.5 Å². The molecule has 1 aromatic heterocycles. The second kappa shape index (κ2) is 6.15. The van der Waals surface area contributed by atoms with Crippen LogP contribution in [0.25, 0.3) is 0 Å². The molecule has 0 aliphatic carbocycles. The number of nitrogens with zero attached hydrogens (tertiary/aromatic N) is 3. The summed E-state index contributed by atoms with van der Waals surface area (Å²) in [4.78, 5) is 16.6. The smallest absolute Gasteiger partial charge is 0.311 e. The van der Waals surface area contributed by atoms with Gasteiger partial charge in [-0.1, -0.05) is 0 Å². The maximum absolute atomic E-state index is 10.9. The fourth-order valence-corrected chi connectivity index (χ4v) is 1.30. The van der Waals surface area contributed by atoms with E-state index in [2.05, 4.69) is 15.6 Å². The first kappa shape index (κ1) is 14.2. The summed E-state index contributed by atoms with van der Waals surface area (Å²) in [5, 5.41) is 16.8. The zero-order valence-electron chi connectivity index (χ0n) is 11.1. The molecule has 0 radical (unpaired) electrons. The van der Waals surface area contributed by atoms with Crippen LogP contribution in [-0.2, 0) is 0 Å². The van der Waals surface area contributed by atoms with Gasteiger partial charge in [0.1, 0.15) is 5.82 Å². The van der Waals surface area contributed by atoms with Crippen LogP contribution in [0, 0.1) is 10.1 Å². The highest BCUT2D eigenvalue weighted by atomic mass is 16.6. The average Bonchev–Trinajstić information content (AvgIpc) is 2.34. The normalized spacial score (nSPS) is 12.3. The first-order valence-corrected chi connectivity index (χ1v) is 5.69. The van der Waals surface area contributed by atoms with E-state index in [1.165, 1.54) is 6.07 Å². The summed E-state index contributed by atoms with van der Waals surface area (Å²) in [6.07, 6.45) is 0. The molecule has 0 aliphatic heterocycles. The zero-order chi connectivity index (χ0) is 13.7. The second-order valence-corrected chi connectivity index (χ2v) is 4.26. The molecule has 7 heteroatoms. The van der Waals surface area contributed by atoms with Crippen molar-refractivity contribution < 1.29 is 4.92 Å². The summed E-state index contributed by atoms with van der Waals surface area (Å²) in [5.74, 6) is 0.890. The lowest BCUT2D eigenvalue weighted by molar-refractivity contribution is -0.384. The minimum Gasteiger partial charge on any atom is -0.373 e. The van der Waals surface area contributed by atoms with E-state index in [0.29, 0.717) is 18.2 Å². The van der Waals surface area contributed by atoms with Crippen LogP contribution in [0.15, 0.2) is 12.1 Å². The number of anilines is 2. The maximum Gasteiger partial charge on any atom is 0.311 e. The second-order valence-electron chi connectivity index (χ2n) is 4.26. The van der Waals surface area contributed by atoms with Crippen LogP contribution < -0.4 is 10.6 Å². The monoisotopic (exact) mass is 253 g/mol. The highest BCUT2D eigenvalue weighted by Gasteiger charge is 2.16. The van der Waals surface area contributed by atoms with E-state index in [0.717, 1.165) is 0 Å².